The molecular weight excluding hydrogens is 206 g/mol. The zero-order chi connectivity index (χ0) is 12.1. The van der Waals surface area contributed by atoms with E-state index >= 15 is 0 Å². The monoisotopic (exact) mass is 225 g/mol. The van der Waals surface area contributed by atoms with Crippen LogP contribution in [-0.4, -0.2) is 52.9 Å². The number of hydrogen-bond acceptors (Lipinski definition) is 4. The number of hydrogen-bond donors (Lipinski definition) is 1. The Bertz CT molecular complexity index is 346. The third-order valence-electron chi connectivity index (χ3n) is 3.91. The first-order valence-corrected chi connectivity index (χ1v) is 5.64. The van der Waals surface area contributed by atoms with E-state index < -0.39 is 11.1 Å². The van der Waals surface area contributed by atoms with Gasteiger partial charge in [-0.1, -0.05) is 0 Å². The van der Waals surface area contributed by atoms with Crippen LogP contribution in [0.4, 0.5) is 0 Å². The molecule has 5 nitrogen and oxygen atoms in total. The molecule has 0 radical (unpaired) electrons. The molecule has 0 aromatic heterocycles. The predicted molar refractivity (Wildman–Crippen MR) is 59.6 cm³/mol. The molecule has 0 aliphatic carbocycles. The SMILES string of the molecule is CNC1(C)CN2C(C)CC(C)(C=O)N2C1=O. The average Bonchev–Trinajstić information content (AvgIpc) is 2.65. The number of nitrogens with one attached hydrogen (secondary N) is 1. The van der Waals surface area contributed by atoms with Crippen molar-refractivity contribution in [2.75, 3.05) is 13.6 Å². The zero-order valence-electron chi connectivity index (χ0n) is 10.3. The van der Waals surface area contributed by atoms with E-state index in [0.29, 0.717) is 13.0 Å². The minimum absolute atomic E-state index is 0.00560. The molecule has 16 heavy (non-hydrogen) atoms. The Morgan fingerprint density at radius 1 is 1.50 bits per heavy atom. The molecule has 2 rings (SSSR count). The largest absolute Gasteiger partial charge is 0.305 e. The van der Waals surface area contributed by atoms with Crippen LogP contribution in [0.5, 0.6) is 0 Å². The molecule has 5 heteroatoms. The first kappa shape index (κ1) is 11.5. The molecule has 1 N–H and O–H groups in total. The number of aldehydes is 1. The summed E-state index contributed by atoms with van der Waals surface area (Å²) < 4.78 is 0. The number of likely N-dealkylation sites (N-methyl/N-ethyl adjacent to an activating group) is 1. The summed E-state index contributed by atoms with van der Waals surface area (Å²) in [6.45, 7) is 6.39. The summed E-state index contributed by atoms with van der Waals surface area (Å²) in [4.78, 5) is 23.5. The lowest BCUT2D eigenvalue weighted by Crippen LogP contribution is -2.54. The first-order valence-electron chi connectivity index (χ1n) is 5.64. The molecule has 3 atom stereocenters. The van der Waals surface area contributed by atoms with Gasteiger partial charge in [0.1, 0.15) is 17.4 Å². The van der Waals surface area contributed by atoms with Crippen molar-refractivity contribution in [3.63, 3.8) is 0 Å². The fourth-order valence-corrected chi connectivity index (χ4v) is 2.77. The lowest BCUT2D eigenvalue weighted by atomic mass is 9.93. The van der Waals surface area contributed by atoms with Gasteiger partial charge in [0.05, 0.1) is 0 Å². The number of fused-ring (bicyclic) bond motifs is 1. The smallest absolute Gasteiger partial charge is 0.259 e. The maximum atomic E-state index is 12.3. The minimum atomic E-state index is -0.675. The van der Waals surface area contributed by atoms with Gasteiger partial charge >= 0.3 is 0 Å². The Morgan fingerprint density at radius 2 is 2.12 bits per heavy atom. The highest BCUT2D eigenvalue weighted by molar-refractivity contribution is 5.91. The van der Waals surface area contributed by atoms with Crippen LogP contribution in [0, 0.1) is 0 Å². The number of hydrazine groups is 1. The van der Waals surface area contributed by atoms with Gasteiger partial charge in [-0.2, -0.15) is 0 Å². The van der Waals surface area contributed by atoms with Crippen LogP contribution < -0.4 is 5.32 Å². The topological polar surface area (TPSA) is 52.7 Å². The van der Waals surface area contributed by atoms with Crippen LogP contribution in [0.1, 0.15) is 27.2 Å². The van der Waals surface area contributed by atoms with E-state index in [1.165, 1.54) is 0 Å². The van der Waals surface area contributed by atoms with Crippen LogP contribution in [0.15, 0.2) is 0 Å². The number of nitrogens with zero attached hydrogens (tertiary/aromatic N) is 2. The molecule has 2 fully saturated rings. The van der Waals surface area contributed by atoms with E-state index in [1.807, 2.05) is 18.9 Å². The quantitative estimate of drug-likeness (QED) is 0.660. The number of rotatable bonds is 2. The number of carbonyl (C=O) groups excluding carboxylic acids is 2. The van der Waals surface area contributed by atoms with Crippen molar-refractivity contribution in [1.29, 1.82) is 0 Å². The Balaban J connectivity index is 2.39. The van der Waals surface area contributed by atoms with Gasteiger partial charge < -0.3 is 10.1 Å². The van der Waals surface area contributed by atoms with Gasteiger partial charge in [-0.05, 0) is 34.2 Å². The van der Waals surface area contributed by atoms with E-state index in [9.17, 15) is 9.59 Å². The molecule has 1 amide bonds. The van der Waals surface area contributed by atoms with Gasteiger partial charge in [0.2, 0.25) is 0 Å². The zero-order valence-corrected chi connectivity index (χ0v) is 10.3. The standard InChI is InChI=1S/C11H19N3O2/c1-8-5-10(2,7-15)14-9(16)11(3,12-4)6-13(8)14/h7-8,12H,5-6H2,1-4H3. The first-order chi connectivity index (χ1) is 7.38. The van der Waals surface area contributed by atoms with Crippen molar-refractivity contribution in [2.45, 2.75) is 44.3 Å². The fraction of sp³-hybridized carbons (Fsp3) is 0.818. The fourth-order valence-electron chi connectivity index (χ4n) is 2.77. The summed E-state index contributed by atoms with van der Waals surface area (Å²) in [6.07, 6.45) is 1.60. The molecule has 2 aliphatic rings. The molecule has 0 aromatic carbocycles. The molecule has 3 unspecified atom stereocenters. The summed E-state index contributed by atoms with van der Waals surface area (Å²) in [5.41, 5.74) is -1.25. The maximum Gasteiger partial charge on any atom is 0.259 e. The summed E-state index contributed by atoms with van der Waals surface area (Å²) >= 11 is 0. The van der Waals surface area contributed by atoms with Crippen LogP contribution in [0.2, 0.25) is 0 Å². The van der Waals surface area contributed by atoms with Crippen molar-refractivity contribution < 1.29 is 9.59 Å². The molecule has 2 saturated heterocycles. The lowest BCUT2D eigenvalue weighted by Gasteiger charge is -2.30. The Morgan fingerprint density at radius 3 is 2.62 bits per heavy atom. The number of carbonyl (C=O) groups is 2. The van der Waals surface area contributed by atoms with Gasteiger partial charge in [-0.3, -0.25) is 9.80 Å². The van der Waals surface area contributed by atoms with Crippen LogP contribution in [-0.2, 0) is 9.59 Å². The molecule has 2 aliphatic heterocycles. The van der Waals surface area contributed by atoms with E-state index in [2.05, 4.69) is 12.2 Å². The van der Waals surface area contributed by atoms with Gasteiger partial charge in [0, 0.05) is 12.6 Å². The van der Waals surface area contributed by atoms with Crippen LogP contribution in [0.25, 0.3) is 0 Å². The average molecular weight is 225 g/mol. The van der Waals surface area contributed by atoms with E-state index in [-0.39, 0.29) is 11.9 Å². The van der Waals surface area contributed by atoms with Gasteiger partial charge in [-0.25, -0.2) is 5.01 Å². The molecule has 0 spiro atoms. The normalized spacial score (nSPS) is 43.9. The molecule has 0 aromatic rings. The Kier molecular flexibility index (Phi) is 2.36. The molecule has 2 heterocycles. The third kappa shape index (κ3) is 1.25. The molecule has 0 saturated carbocycles. The predicted octanol–water partition coefficient (Wildman–Crippen LogP) is -0.227. The highest BCUT2D eigenvalue weighted by Gasteiger charge is 2.59. The second-order valence-corrected chi connectivity index (χ2v) is 5.32. The molecule has 0 bridgehead atoms. The summed E-state index contributed by atoms with van der Waals surface area (Å²) in [6, 6.07) is 0.231. The van der Waals surface area contributed by atoms with Crippen molar-refractivity contribution in [1.82, 2.24) is 15.3 Å². The minimum Gasteiger partial charge on any atom is -0.305 e. The second-order valence-electron chi connectivity index (χ2n) is 5.32. The summed E-state index contributed by atoms with van der Waals surface area (Å²) in [5, 5.41) is 6.70. The highest BCUT2D eigenvalue weighted by Crippen LogP contribution is 2.39. The number of amides is 1. The van der Waals surface area contributed by atoms with E-state index in [4.69, 9.17) is 0 Å². The molecular formula is C11H19N3O2. The summed E-state index contributed by atoms with van der Waals surface area (Å²) in [5.74, 6) is -0.00560. The maximum absolute atomic E-state index is 12.3. The van der Waals surface area contributed by atoms with Crippen LogP contribution >= 0.6 is 0 Å². The van der Waals surface area contributed by atoms with Crippen LogP contribution in [0.3, 0.4) is 0 Å². The van der Waals surface area contributed by atoms with Crippen molar-refractivity contribution in [3.05, 3.63) is 0 Å². The summed E-state index contributed by atoms with van der Waals surface area (Å²) in [7, 11) is 1.78. The Hall–Kier alpha value is -0.940. The second kappa shape index (κ2) is 3.28. The molecule has 90 valence electrons. The highest BCUT2D eigenvalue weighted by atomic mass is 16.2. The van der Waals surface area contributed by atoms with Crippen molar-refractivity contribution in [2.24, 2.45) is 0 Å². The lowest BCUT2D eigenvalue weighted by molar-refractivity contribution is -0.149. The van der Waals surface area contributed by atoms with Crippen molar-refractivity contribution in [3.8, 4) is 0 Å². The third-order valence-corrected chi connectivity index (χ3v) is 3.91. The van der Waals surface area contributed by atoms with Gasteiger partial charge in [0.15, 0.2) is 0 Å². The van der Waals surface area contributed by atoms with Crippen molar-refractivity contribution >= 4 is 12.2 Å². The van der Waals surface area contributed by atoms with E-state index in [0.717, 1.165) is 6.29 Å². The van der Waals surface area contributed by atoms with Gasteiger partial charge in [0.25, 0.3) is 5.91 Å². The van der Waals surface area contributed by atoms with Gasteiger partial charge in [-0.15, -0.1) is 0 Å². The van der Waals surface area contributed by atoms with E-state index in [1.54, 1.807) is 12.1 Å². The Labute approximate surface area is 95.7 Å².